The molecule has 2 rings (SSSR count). The molecule has 0 aliphatic rings. The molecule has 1 N–H and O–H groups in total. The molecule has 0 saturated carbocycles. The van der Waals surface area contributed by atoms with Gasteiger partial charge in [0.1, 0.15) is 0 Å². The molecule has 9 heteroatoms. The molecule has 0 amide bonds. The van der Waals surface area contributed by atoms with Crippen molar-refractivity contribution in [2.45, 2.75) is 6.18 Å². The number of hydrogen-bond donors (Lipinski definition) is 1. The van der Waals surface area contributed by atoms with Crippen LogP contribution in [0.2, 0.25) is 0 Å². The Kier molecular flexibility index (Phi) is 3.74. The lowest BCUT2D eigenvalue weighted by molar-refractivity contribution is -0.137. The van der Waals surface area contributed by atoms with E-state index in [-0.39, 0.29) is 16.4 Å². The summed E-state index contributed by atoms with van der Waals surface area (Å²) in [5.41, 5.74) is -0.817. The maximum Gasteiger partial charge on any atom is 0.417 e. The molecule has 4 nitrogen and oxygen atoms in total. The highest BCUT2D eigenvalue weighted by Gasteiger charge is 2.33. The van der Waals surface area contributed by atoms with Gasteiger partial charge < -0.3 is 0 Å². The van der Waals surface area contributed by atoms with Crippen molar-refractivity contribution in [2.24, 2.45) is 0 Å². The van der Waals surface area contributed by atoms with Crippen LogP contribution < -0.4 is 4.72 Å². The number of nitrogens with one attached hydrogen (secondary N) is 1. The van der Waals surface area contributed by atoms with Crippen LogP contribution in [0.5, 0.6) is 0 Å². The molecular weight excluding hydrogens is 313 g/mol. The molecule has 0 bridgehead atoms. The molecule has 0 fully saturated rings. The number of nitrogens with zero attached hydrogens (tertiary/aromatic N) is 1. The Morgan fingerprint density at radius 2 is 1.90 bits per heavy atom. The minimum Gasteiger partial charge on any atom is -0.259 e. The standard InChI is InChI=1S/C11H9F3N2O2S2/c1-20(17,18)16-10-15-9(6-19-10)7-4-2-3-5-8(7)11(12,13)14/h2-6H,1H3,(H,15,16). The summed E-state index contributed by atoms with van der Waals surface area (Å²) in [6.45, 7) is 0. The fourth-order valence-corrected chi connectivity index (χ4v) is 3.12. The normalized spacial score (nSPS) is 12.4. The maximum absolute atomic E-state index is 12.9. The van der Waals surface area contributed by atoms with Crippen LogP contribution in [-0.2, 0) is 16.2 Å². The number of benzene rings is 1. The third-order valence-corrected chi connectivity index (χ3v) is 3.74. The minimum atomic E-state index is -4.50. The second-order valence-electron chi connectivity index (χ2n) is 3.96. The number of thiazole rings is 1. The smallest absolute Gasteiger partial charge is 0.259 e. The Morgan fingerprint density at radius 3 is 2.50 bits per heavy atom. The number of alkyl halides is 3. The minimum absolute atomic E-state index is 0.0273. The van der Waals surface area contributed by atoms with E-state index in [2.05, 4.69) is 9.71 Å². The van der Waals surface area contributed by atoms with Gasteiger partial charge in [0.05, 0.1) is 17.5 Å². The Hall–Kier alpha value is -1.61. The van der Waals surface area contributed by atoms with Gasteiger partial charge in [-0.25, -0.2) is 13.4 Å². The average Bonchev–Trinajstić information content (AvgIpc) is 2.74. The number of sulfonamides is 1. The summed E-state index contributed by atoms with van der Waals surface area (Å²) in [5.74, 6) is 0. The fourth-order valence-electron chi connectivity index (χ4n) is 1.56. The zero-order valence-corrected chi connectivity index (χ0v) is 11.7. The largest absolute Gasteiger partial charge is 0.417 e. The summed E-state index contributed by atoms with van der Waals surface area (Å²) >= 11 is 0.922. The van der Waals surface area contributed by atoms with Crippen molar-refractivity contribution in [1.82, 2.24) is 4.98 Å². The van der Waals surface area contributed by atoms with E-state index >= 15 is 0 Å². The number of anilines is 1. The van der Waals surface area contributed by atoms with E-state index in [1.165, 1.54) is 23.6 Å². The molecule has 1 aromatic carbocycles. The van der Waals surface area contributed by atoms with Gasteiger partial charge in [-0.05, 0) is 6.07 Å². The molecule has 0 aliphatic carbocycles. The number of halogens is 3. The second kappa shape index (κ2) is 5.06. The Labute approximate surface area is 117 Å². The molecule has 108 valence electrons. The monoisotopic (exact) mass is 322 g/mol. The zero-order chi connectivity index (χ0) is 15.0. The van der Waals surface area contributed by atoms with Crippen LogP contribution >= 0.6 is 11.3 Å². The molecule has 0 unspecified atom stereocenters. The van der Waals surface area contributed by atoms with Gasteiger partial charge in [-0.2, -0.15) is 13.2 Å². The quantitative estimate of drug-likeness (QED) is 0.944. The fraction of sp³-hybridized carbons (Fsp3) is 0.182. The number of aromatic nitrogens is 1. The molecule has 0 atom stereocenters. The summed E-state index contributed by atoms with van der Waals surface area (Å²) in [4.78, 5) is 3.87. The number of hydrogen-bond acceptors (Lipinski definition) is 4. The highest BCUT2D eigenvalue weighted by Crippen LogP contribution is 2.37. The van der Waals surface area contributed by atoms with Gasteiger partial charge in [0.25, 0.3) is 0 Å². The van der Waals surface area contributed by atoms with E-state index < -0.39 is 21.8 Å². The predicted molar refractivity (Wildman–Crippen MR) is 71.0 cm³/mol. The van der Waals surface area contributed by atoms with Gasteiger partial charge in [-0.15, -0.1) is 11.3 Å². The first-order chi connectivity index (χ1) is 9.17. The lowest BCUT2D eigenvalue weighted by Crippen LogP contribution is -2.09. The van der Waals surface area contributed by atoms with Gasteiger partial charge in [-0.3, -0.25) is 4.72 Å². The van der Waals surface area contributed by atoms with Crippen molar-refractivity contribution in [3.8, 4) is 11.3 Å². The Balaban J connectivity index is 2.43. The van der Waals surface area contributed by atoms with E-state index in [1.54, 1.807) is 0 Å². The van der Waals surface area contributed by atoms with Crippen molar-refractivity contribution < 1.29 is 21.6 Å². The summed E-state index contributed by atoms with van der Waals surface area (Å²) in [6.07, 6.45) is -3.55. The predicted octanol–water partition coefficient (Wildman–Crippen LogP) is 3.20. The van der Waals surface area contributed by atoms with Crippen LogP contribution in [-0.4, -0.2) is 19.7 Å². The molecular formula is C11H9F3N2O2S2. The van der Waals surface area contributed by atoms with E-state index in [9.17, 15) is 21.6 Å². The van der Waals surface area contributed by atoms with Gasteiger partial charge >= 0.3 is 6.18 Å². The van der Waals surface area contributed by atoms with Gasteiger partial charge in [0.15, 0.2) is 5.13 Å². The van der Waals surface area contributed by atoms with Crippen LogP contribution in [0, 0.1) is 0 Å². The topological polar surface area (TPSA) is 59.1 Å². The summed E-state index contributed by atoms with van der Waals surface area (Å²) in [6, 6.07) is 5.00. The molecule has 0 aliphatic heterocycles. The van der Waals surface area contributed by atoms with Gasteiger partial charge in [0.2, 0.25) is 10.0 Å². The molecule has 2 aromatic rings. The SMILES string of the molecule is CS(=O)(=O)Nc1nc(-c2ccccc2C(F)(F)F)cs1. The Morgan fingerprint density at radius 1 is 1.25 bits per heavy atom. The lowest BCUT2D eigenvalue weighted by atomic mass is 10.1. The lowest BCUT2D eigenvalue weighted by Gasteiger charge is -2.10. The second-order valence-corrected chi connectivity index (χ2v) is 6.56. The first-order valence-electron chi connectivity index (χ1n) is 5.27. The molecule has 0 saturated heterocycles. The van der Waals surface area contributed by atoms with Crippen molar-refractivity contribution in [2.75, 3.05) is 11.0 Å². The third-order valence-electron chi connectivity index (χ3n) is 2.29. The molecule has 0 spiro atoms. The van der Waals surface area contributed by atoms with Crippen molar-refractivity contribution in [3.05, 3.63) is 35.2 Å². The third kappa shape index (κ3) is 3.48. The van der Waals surface area contributed by atoms with Crippen LogP contribution in [0.25, 0.3) is 11.3 Å². The summed E-state index contributed by atoms with van der Waals surface area (Å²) in [5, 5.41) is 1.40. The van der Waals surface area contributed by atoms with Crippen LogP contribution in [0.1, 0.15) is 5.56 Å². The van der Waals surface area contributed by atoms with Crippen molar-refractivity contribution in [3.63, 3.8) is 0 Å². The molecule has 1 heterocycles. The first kappa shape index (κ1) is 14.8. The summed E-state index contributed by atoms with van der Waals surface area (Å²) < 4.78 is 62.9. The van der Waals surface area contributed by atoms with Gasteiger partial charge in [-0.1, -0.05) is 18.2 Å². The first-order valence-corrected chi connectivity index (χ1v) is 8.04. The van der Waals surface area contributed by atoms with Crippen molar-refractivity contribution in [1.29, 1.82) is 0 Å². The number of rotatable bonds is 3. The van der Waals surface area contributed by atoms with Gasteiger partial charge in [0, 0.05) is 10.9 Å². The molecule has 1 aromatic heterocycles. The van der Waals surface area contributed by atoms with E-state index in [0.29, 0.717) is 0 Å². The Bertz CT molecular complexity index is 723. The maximum atomic E-state index is 12.9. The van der Waals surface area contributed by atoms with Crippen molar-refractivity contribution >= 4 is 26.5 Å². The highest BCUT2D eigenvalue weighted by atomic mass is 32.2. The molecule has 20 heavy (non-hydrogen) atoms. The highest BCUT2D eigenvalue weighted by molar-refractivity contribution is 7.92. The van der Waals surface area contributed by atoms with Crippen LogP contribution in [0.15, 0.2) is 29.6 Å². The zero-order valence-electron chi connectivity index (χ0n) is 10.1. The summed E-state index contributed by atoms with van der Waals surface area (Å²) in [7, 11) is -3.51. The van der Waals surface area contributed by atoms with E-state index in [0.717, 1.165) is 23.7 Å². The van der Waals surface area contributed by atoms with E-state index in [4.69, 9.17) is 0 Å². The van der Waals surface area contributed by atoms with Crippen LogP contribution in [0.4, 0.5) is 18.3 Å². The molecule has 0 radical (unpaired) electrons. The average molecular weight is 322 g/mol. The van der Waals surface area contributed by atoms with E-state index in [1.807, 2.05) is 0 Å². The van der Waals surface area contributed by atoms with Crippen LogP contribution in [0.3, 0.4) is 0 Å².